The number of hydrogen-bond acceptors (Lipinski definition) is 9. The summed E-state index contributed by atoms with van der Waals surface area (Å²) in [6.45, 7) is 10.5. The van der Waals surface area contributed by atoms with Gasteiger partial charge in [-0.05, 0) is 56.9 Å². The fourth-order valence-corrected chi connectivity index (χ4v) is 6.14. The van der Waals surface area contributed by atoms with Crippen molar-refractivity contribution in [2.75, 3.05) is 39.4 Å². The van der Waals surface area contributed by atoms with Gasteiger partial charge in [-0.2, -0.15) is 5.26 Å². The number of piperidine rings is 1. The molecule has 0 radical (unpaired) electrons. The summed E-state index contributed by atoms with van der Waals surface area (Å²) in [7, 11) is 0. The van der Waals surface area contributed by atoms with Crippen LogP contribution in [-0.2, 0) is 16.2 Å². The smallest absolute Gasteiger partial charge is 0.292 e. The lowest BCUT2D eigenvalue weighted by Gasteiger charge is -2.45. The first kappa shape index (κ1) is 27.8. The van der Waals surface area contributed by atoms with Gasteiger partial charge in [-0.25, -0.2) is 0 Å². The van der Waals surface area contributed by atoms with Crippen LogP contribution in [-0.4, -0.2) is 66.5 Å². The number of allylic oxidation sites excluding steroid dienone is 4. The Bertz CT molecular complexity index is 1250. The van der Waals surface area contributed by atoms with Crippen LogP contribution < -0.4 is 9.47 Å². The number of likely N-dealkylation sites (tertiary alicyclic amines) is 2. The van der Waals surface area contributed by atoms with Gasteiger partial charge in [-0.1, -0.05) is 24.2 Å². The number of carbonyl (C=O) groups excluding carboxylic acids is 1. The molecule has 0 bridgehead atoms. The van der Waals surface area contributed by atoms with E-state index in [-0.39, 0.29) is 11.5 Å². The zero-order valence-electron chi connectivity index (χ0n) is 23.5. The third-order valence-corrected chi connectivity index (χ3v) is 8.45. The predicted molar refractivity (Wildman–Crippen MR) is 150 cm³/mol. The molecular weight excluding hydrogens is 510 g/mol. The molecular formula is C30H37N5O5. The second kappa shape index (κ2) is 11.4. The second-order valence-electron chi connectivity index (χ2n) is 11.4. The van der Waals surface area contributed by atoms with Crippen molar-refractivity contribution in [1.82, 2.24) is 9.80 Å². The van der Waals surface area contributed by atoms with Gasteiger partial charge in [0.2, 0.25) is 0 Å². The van der Waals surface area contributed by atoms with Gasteiger partial charge in [0.1, 0.15) is 17.3 Å². The number of amides is 1. The van der Waals surface area contributed by atoms with Gasteiger partial charge in [0.05, 0.1) is 31.1 Å². The average Bonchev–Trinajstić information content (AvgIpc) is 3.39. The zero-order chi connectivity index (χ0) is 28.3. The molecule has 4 aliphatic rings. The van der Waals surface area contributed by atoms with Gasteiger partial charge in [0, 0.05) is 55.0 Å². The van der Waals surface area contributed by atoms with Crippen molar-refractivity contribution in [2.24, 2.45) is 15.7 Å². The van der Waals surface area contributed by atoms with E-state index in [9.17, 15) is 15.0 Å². The monoisotopic (exact) mass is 547 g/mol. The molecule has 3 aliphatic heterocycles. The van der Waals surface area contributed by atoms with Crippen LogP contribution in [0.15, 0.2) is 46.3 Å². The summed E-state index contributed by atoms with van der Waals surface area (Å²) in [5.41, 5.74) is 1.82. The standard InChI is InChI=1S/C30H37N5O5/c1-4-38-24-14-22(15-25(39-5-2)27(24)23-8-6-21(17-31)7-9-23)18-34-19-30(20-34)16-26(33-40-30)35-12-10-29(3,11-13-35)28(36)32-37/h6-8,14-15,23H,4-5,9-13,16,18-20H2,1-3H3. The summed E-state index contributed by atoms with van der Waals surface area (Å²) >= 11 is 0. The van der Waals surface area contributed by atoms with Gasteiger partial charge in [0.15, 0.2) is 5.60 Å². The minimum absolute atomic E-state index is 0.0875. The van der Waals surface area contributed by atoms with Gasteiger partial charge >= 0.3 is 0 Å². The lowest BCUT2D eigenvalue weighted by atomic mass is 9.79. The van der Waals surface area contributed by atoms with Crippen LogP contribution in [0.3, 0.4) is 0 Å². The molecule has 1 amide bonds. The quantitative estimate of drug-likeness (QED) is 0.432. The molecule has 1 aromatic carbocycles. The molecule has 10 heteroatoms. The lowest BCUT2D eigenvalue weighted by molar-refractivity contribution is -0.129. The highest BCUT2D eigenvalue weighted by Gasteiger charge is 2.51. The summed E-state index contributed by atoms with van der Waals surface area (Å²) in [6, 6.07) is 6.43. The number of hydrogen-bond donors (Lipinski definition) is 0. The third kappa shape index (κ3) is 5.48. The number of nitroso groups, excluding NO2 is 1. The van der Waals surface area contributed by atoms with Crippen molar-refractivity contribution in [3.63, 3.8) is 0 Å². The van der Waals surface area contributed by atoms with Crippen LogP contribution in [0.25, 0.3) is 0 Å². The van der Waals surface area contributed by atoms with Gasteiger partial charge in [0.25, 0.3) is 5.91 Å². The molecule has 1 spiro atoms. The Labute approximate surface area is 235 Å². The number of benzene rings is 1. The van der Waals surface area contributed by atoms with Crippen LogP contribution in [0, 0.1) is 21.7 Å². The molecule has 0 aromatic heterocycles. The number of nitriles is 1. The van der Waals surface area contributed by atoms with E-state index < -0.39 is 11.3 Å². The maximum atomic E-state index is 11.9. The molecule has 0 saturated carbocycles. The molecule has 5 rings (SSSR count). The van der Waals surface area contributed by atoms with E-state index in [2.05, 4.69) is 44.4 Å². The van der Waals surface area contributed by atoms with Crippen molar-refractivity contribution >= 4 is 11.7 Å². The van der Waals surface area contributed by atoms with Crippen molar-refractivity contribution in [3.05, 3.63) is 52.0 Å². The van der Waals surface area contributed by atoms with Gasteiger partial charge < -0.3 is 19.2 Å². The Morgan fingerprint density at radius 2 is 1.88 bits per heavy atom. The molecule has 2 saturated heterocycles. The van der Waals surface area contributed by atoms with E-state index in [1.54, 1.807) is 0 Å². The number of carbonyl (C=O) groups is 1. The third-order valence-electron chi connectivity index (χ3n) is 8.45. The van der Waals surface area contributed by atoms with E-state index in [1.807, 2.05) is 32.9 Å². The molecule has 1 unspecified atom stereocenters. The second-order valence-corrected chi connectivity index (χ2v) is 11.4. The van der Waals surface area contributed by atoms with Crippen LogP contribution in [0.4, 0.5) is 0 Å². The summed E-state index contributed by atoms with van der Waals surface area (Å²) in [4.78, 5) is 33.1. The zero-order valence-corrected chi connectivity index (χ0v) is 23.5. The van der Waals surface area contributed by atoms with Crippen molar-refractivity contribution in [3.8, 4) is 17.6 Å². The highest BCUT2D eigenvalue weighted by atomic mass is 16.7. The summed E-state index contributed by atoms with van der Waals surface area (Å²) in [5.74, 6) is 2.10. The maximum Gasteiger partial charge on any atom is 0.292 e. The normalized spacial score (nSPS) is 22.9. The minimum atomic E-state index is -0.678. The Balaban J connectivity index is 1.22. The Morgan fingerprint density at radius 1 is 1.20 bits per heavy atom. The number of oxime groups is 1. The molecule has 1 aliphatic carbocycles. The number of ether oxygens (including phenoxy) is 2. The molecule has 1 aromatic rings. The van der Waals surface area contributed by atoms with Gasteiger partial charge in [-0.3, -0.25) is 9.69 Å². The average molecular weight is 548 g/mol. The van der Waals surface area contributed by atoms with Crippen LogP contribution >= 0.6 is 0 Å². The van der Waals surface area contributed by atoms with E-state index in [1.165, 1.54) is 0 Å². The van der Waals surface area contributed by atoms with Gasteiger partial charge in [-0.15, -0.1) is 4.91 Å². The van der Waals surface area contributed by atoms with E-state index in [0.717, 1.165) is 60.9 Å². The maximum absolute atomic E-state index is 11.9. The summed E-state index contributed by atoms with van der Waals surface area (Å²) in [6.07, 6.45) is 8.53. The molecule has 1 atom stereocenters. The van der Waals surface area contributed by atoms with Crippen LogP contribution in [0.5, 0.6) is 11.5 Å². The molecule has 40 heavy (non-hydrogen) atoms. The molecule has 0 N–H and O–H groups in total. The summed E-state index contributed by atoms with van der Waals surface area (Å²) < 4.78 is 12.2. The number of rotatable bonds is 8. The van der Waals surface area contributed by atoms with E-state index in [0.29, 0.717) is 44.7 Å². The predicted octanol–water partition coefficient (Wildman–Crippen LogP) is 4.66. The Kier molecular flexibility index (Phi) is 7.95. The number of amidine groups is 1. The first-order chi connectivity index (χ1) is 19.3. The fourth-order valence-electron chi connectivity index (χ4n) is 6.14. The first-order valence-corrected chi connectivity index (χ1v) is 14.1. The SMILES string of the molecule is CCOc1cc(CN2CC3(CC(N4CCC(C)(C(=O)N=O)CC4)=NO3)C2)cc(OCC)c1C1C=CC(C#N)=CC1. The largest absolute Gasteiger partial charge is 0.493 e. The molecule has 10 nitrogen and oxygen atoms in total. The minimum Gasteiger partial charge on any atom is -0.493 e. The molecule has 212 valence electrons. The Hall–Kier alpha value is -3.71. The van der Waals surface area contributed by atoms with E-state index in [4.69, 9.17) is 14.3 Å². The first-order valence-electron chi connectivity index (χ1n) is 14.1. The van der Waals surface area contributed by atoms with Crippen LogP contribution in [0.1, 0.15) is 63.5 Å². The van der Waals surface area contributed by atoms with Crippen molar-refractivity contribution in [1.29, 1.82) is 5.26 Å². The van der Waals surface area contributed by atoms with Crippen molar-refractivity contribution in [2.45, 2.75) is 64.5 Å². The van der Waals surface area contributed by atoms with E-state index >= 15 is 0 Å². The van der Waals surface area contributed by atoms with Crippen molar-refractivity contribution < 1.29 is 19.1 Å². The topological polar surface area (TPSA) is 117 Å². The highest BCUT2D eigenvalue weighted by Crippen LogP contribution is 2.43. The summed E-state index contributed by atoms with van der Waals surface area (Å²) in [5, 5.41) is 16.3. The van der Waals surface area contributed by atoms with Crippen LogP contribution in [0.2, 0.25) is 0 Å². The Morgan fingerprint density at radius 3 is 2.42 bits per heavy atom. The number of nitrogens with zero attached hydrogens (tertiary/aromatic N) is 5. The molecule has 2 fully saturated rings. The lowest BCUT2D eigenvalue weighted by Crippen LogP contribution is -2.61. The fraction of sp³-hybridized carbons (Fsp3) is 0.567. The highest BCUT2D eigenvalue weighted by molar-refractivity contribution is 5.86. The molecule has 3 heterocycles.